The Labute approximate surface area is 151 Å². The zero-order chi connectivity index (χ0) is 18.1. The van der Waals surface area contributed by atoms with Crippen molar-refractivity contribution >= 4 is 17.9 Å². The first-order chi connectivity index (χ1) is 12.5. The van der Waals surface area contributed by atoms with Gasteiger partial charge in [-0.05, 0) is 56.3 Å². The van der Waals surface area contributed by atoms with Crippen LogP contribution in [-0.4, -0.2) is 40.0 Å². The van der Waals surface area contributed by atoms with Gasteiger partial charge in [-0.25, -0.2) is 14.6 Å². The van der Waals surface area contributed by atoms with Gasteiger partial charge in [0.2, 0.25) is 0 Å². The molecule has 4 bridgehead atoms. The van der Waals surface area contributed by atoms with Crippen molar-refractivity contribution in [1.82, 2.24) is 20.6 Å². The first-order valence-electron chi connectivity index (χ1n) is 9.06. The monoisotopic (exact) mass is 358 g/mol. The lowest BCUT2D eigenvalue weighted by Crippen LogP contribution is -2.62. The second-order valence-corrected chi connectivity index (χ2v) is 7.87. The molecular formula is C18H22N4O4. The van der Waals surface area contributed by atoms with Crippen molar-refractivity contribution in [3.05, 3.63) is 24.3 Å². The predicted molar refractivity (Wildman–Crippen MR) is 89.9 cm³/mol. The molecule has 0 spiro atoms. The number of carbonyl (C=O) groups excluding carboxylic acids is 3. The van der Waals surface area contributed by atoms with Crippen molar-refractivity contribution in [2.45, 2.75) is 44.1 Å². The number of urea groups is 1. The third-order valence-corrected chi connectivity index (χ3v) is 5.78. The Morgan fingerprint density at radius 2 is 1.73 bits per heavy atom. The Bertz CT molecular complexity index is 686. The number of hydrogen-bond donors (Lipinski definition) is 2. The van der Waals surface area contributed by atoms with Crippen molar-refractivity contribution < 1.29 is 19.1 Å². The molecule has 0 atom stereocenters. The van der Waals surface area contributed by atoms with Gasteiger partial charge in [-0.1, -0.05) is 0 Å². The highest BCUT2D eigenvalue weighted by Crippen LogP contribution is 2.55. The Morgan fingerprint density at radius 1 is 1.08 bits per heavy atom. The highest BCUT2D eigenvalue weighted by Gasteiger charge is 2.51. The molecule has 2 N–H and O–H groups in total. The van der Waals surface area contributed by atoms with Crippen LogP contribution in [0.5, 0.6) is 0 Å². The van der Waals surface area contributed by atoms with Gasteiger partial charge in [-0.15, -0.1) is 0 Å². The summed E-state index contributed by atoms with van der Waals surface area (Å²) in [6.07, 6.45) is 10.9. The molecule has 0 aliphatic heterocycles. The summed E-state index contributed by atoms with van der Waals surface area (Å²) in [5, 5.41) is 5.30. The number of imide groups is 1. The zero-order valence-electron chi connectivity index (χ0n) is 14.4. The van der Waals surface area contributed by atoms with Gasteiger partial charge in [0.1, 0.15) is 0 Å². The van der Waals surface area contributed by atoms with Gasteiger partial charge < -0.3 is 10.1 Å². The SMILES string of the molecule is O=C(COC(=O)c1cnccn1)NC(=O)NC12CC3CC(CC(C3)C1)C2. The number of ether oxygens (including phenoxy) is 1. The third-order valence-electron chi connectivity index (χ3n) is 5.78. The molecule has 0 radical (unpaired) electrons. The quantitative estimate of drug-likeness (QED) is 0.788. The van der Waals surface area contributed by atoms with E-state index in [2.05, 4.69) is 20.6 Å². The number of nitrogens with zero attached hydrogens (tertiary/aromatic N) is 2. The fourth-order valence-corrected chi connectivity index (χ4v) is 5.31. The summed E-state index contributed by atoms with van der Waals surface area (Å²) in [5.74, 6) is 0.680. The fraction of sp³-hybridized carbons (Fsp3) is 0.611. The van der Waals surface area contributed by atoms with Gasteiger partial charge in [-0.3, -0.25) is 15.1 Å². The van der Waals surface area contributed by atoms with E-state index in [1.54, 1.807) is 0 Å². The lowest BCUT2D eigenvalue weighted by molar-refractivity contribution is -0.123. The van der Waals surface area contributed by atoms with Crippen LogP contribution in [0.2, 0.25) is 0 Å². The van der Waals surface area contributed by atoms with Gasteiger partial charge >= 0.3 is 12.0 Å². The van der Waals surface area contributed by atoms with E-state index in [9.17, 15) is 14.4 Å². The molecule has 8 nitrogen and oxygen atoms in total. The van der Waals surface area contributed by atoms with Gasteiger partial charge in [0, 0.05) is 17.9 Å². The number of hydrogen-bond acceptors (Lipinski definition) is 6. The van der Waals surface area contributed by atoms with Crippen LogP contribution in [0.4, 0.5) is 4.79 Å². The van der Waals surface area contributed by atoms with Gasteiger partial charge in [0.05, 0.1) is 6.20 Å². The first kappa shape index (κ1) is 16.9. The summed E-state index contributed by atoms with van der Waals surface area (Å²) in [6, 6.07) is -0.507. The van der Waals surface area contributed by atoms with Crippen LogP contribution in [0.25, 0.3) is 0 Å². The van der Waals surface area contributed by atoms with E-state index in [4.69, 9.17) is 4.74 Å². The highest BCUT2D eigenvalue weighted by molar-refractivity contribution is 5.96. The van der Waals surface area contributed by atoms with Crippen molar-refractivity contribution in [2.75, 3.05) is 6.61 Å². The molecule has 1 aromatic heterocycles. The van der Waals surface area contributed by atoms with E-state index < -0.39 is 24.5 Å². The van der Waals surface area contributed by atoms with Crippen molar-refractivity contribution in [3.8, 4) is 0 Å². The minimum atomic E-state index is -0.755. The molecule has 26 heavy (non-hydrogen) atoms. The molecule has 5 rings (SSSR count). The highest BCUT2D eigenvalue weighted by atomic mass is 16.5. The number of aromatic nitrogens is 2. The molecule has 4 aliphatic carbocycles. The Hall–Kier alpha value is -2.51. The fourth-order valence-electron chi connectivity index (χ4n) is 5.31. The van der Waals surface area contributed by atoms with E-state index >= 15 is 0 Å². The maximum Gasteiger partial charge on any atom is 0.359 e. The summed E-state index contributed by atoms with van der Waals surface area (Å²) in [6.45, 7) is -0.538. The second kappa shape index (κ2) is 6.66. The summed E-state index contributed by atoms with van der Waals surface area (Å²) in [4.78, 5) is 43.4. The van der Waals surface area contributed by atoms with Crippen LogP contribution in [0.3, 0.4) is 0 Å². The summed E-state index contributed by atoms with van der Waals surface area (Å²) in [7, 11) is 0. The standard InChI is InChI=1S/C18H22N4O4/c23-15(10-26-16(24)14-9-19-1-2-20-14)21-17(25)22-18-6-11-3-12(7-18)5-13(4-11)8-18/h1-2,9,11-13H,3-8,10H2,(H2,21,22,23,25). The van der Waals surface area contributed by atoms with E-state index in [0.717, 1.165) is 19.3 Å². The molecule has 1 heterocycles. The minimum Gasteiger partial charge on any atom is -0.451 e. The Balaban J connectivity index is 1.26. The lowest BCUT2D eigenvalue weighted by atomic mass is 9.53. The van der Waals surface area contributed by atoms with Crippen molar-refractivity contribution in [1.29, 1.82) is 0 Å². The summed E-state index contributed by atoms with van der Waals surface area (Å²) < 4.78 is 4.85. The molecular weight excluding hydrogens is 336 g/mol. The maximum atomic E-state index is 12.2. The third kappa shape index (κ3) is 3.54. The van der Waals surface area contributed by atoms with Crippen LogP contribution in [-0.2, 0) is 9.53 Å². The maximum absolute atomic E-state index is 12.2. The smallest absolute Gasteiger partial charge is 0.359 e. The summed E-state index contributed by atoms with van der Waals surface area (Å²) in [5.41, 5.74) is -0.159. The van der Waals surface area contributed by atoms with E-state index in [1.165, 1.54) is 37.9 Å². The molecule has 3 amide bonds. The molecule has 4 fully saturated rings. The van der Waals surface area contributed by atoms with Crippen LogP contribution in [0, 0.1) is 17.8 Å². The molecule has 1 aromatic rings. The van der Waals surface area contributed by atoms with E-state index in [1.807, 2.05) is 0 Å². The molecule has 4 aliphatic rings. The average Bonchev–Trinajstić information content (AvgIpc) is 2.58. The Kier molecular flexibility index (Phi) is 4.34. The molecule has 4 saturated carbocycles. The van der Waals surface area contributed by atoms with E-state index in [-0.39, 0.29) is 11.2 Å². The van der Waals surface area contributed by atoms with Gasteiger partial charge in [-0.2, -0.15) is 0 Å². The predicted octanol–water partition coefficient (Wildman–Crippen LogP) is 1.43. The number of esters is 1. The molecule has 8 heteroatoms. The number of nitrogens with one attached hydrogen (secondary N) is 2. The normalized spacial score (nSPS) is 31.3. The number of carbonyl (C=O) groups is 3. The zero-order valence-corrected chi connectivity index (χ0v) is 14.4. The van der Waals surface area contributed by atoms with E-state index in [0.29, 0.717) is 17.8 Å². The second-order valence-electron chi connectivity index (χ2n) is 7.87. The molecule has 0 saturated heterocycles. The van der Waals surface area contributed by atoms with Gasteiger partial charge in [0.25, 0.3) is 5.91 Å². The van der Waals surface area contributed by atoms with Crippen molar-refractivity contribution in [2.24, 2.45) is 17.8 Å². The number of amides is 3. The number of rotatable bonds is 4. The Morgan fingerprint density at radius 3 is 2.31 bits per heavy atom. The topological polar surface area (TPSA) is 110 Å². The first-order valence-corrected chi connectivity index (χ1v) is 9.06. The molecule has 0 unspecified atom stereocenters. The molecule has 138 valence electrons. The van der Waals surface area contributed by atoms with Crippen molar-refractivity contribution in [3.63, 3.8) is 0 Å². The molecule has 0 aromatic carbocycles. The van der Waals surface area contributed by atoms with Crippen LogP contribution in [0.15, 0.2) is 18.6 Å². The largest absolute Gasteiger partial charge is 0.451 e. The lowest BCUT2D eigenvalue weighted by Gasteiger charge is -2.56. The summed E-state index contributed by atoms with van der Waals surface area (Å²) >= 11 is 0. The minimum absolute atomic E-state index is 0.0123. The van der Waals surface area contributed by atoms with Crippen LogP contribution < -0.4 is 10.6 Å². The van der Waals surface area contributed by atoms with Crippen LogP contribution >= 0.6 is 0 Å². The van der Waals surface area contributed by atoms with Crippen LogP contribution in [0.1, 0.15) is 49.0 Å². The van der Waals surface area contributed by atoms with Gasteiger partial charge in [0.15, 0.2) is 12.3 Å². The average molecular weight is 358 g/mol.